The molecule has 1 aromatic heterocycles. The van der Waals surface area contributed by atoms with E-state index >= 15 is 0 Å². The summed E-state index contributed by atoms with van der Waals surface area (Å²) in [5, 5.41) is 3.31. The first kappa shape index (κ1) is 14.5. The van der Waals surface area contributed by atoms with E-state index in [1.807, 2.05) is 7.05 Å². The topological polar surface area (TPSA) is 47.2 Å². The molecular formula is C14H27N5. The Morgan fingerprint density at radius 2 is 1.89 bits per heavy atom. The summed E-state index contributed by atoms with van der Waals surface area (Å²) >= 11 is 0. The van der Waals surface area contributed by atoms with Gasteiger partial charge in [-0.2, -0.15) is 0 Å². The Labute approximate surface area is 116 Å². The quantitative estimate of drug-likeness (QED) is 0.834. The first-order chi connectivity index (χ1) is 9.13. The van der Waals surface area contributed by atoms with Crippen LogP contribution in [0.25, 0.3) is 0 Å². The highest BCUT2D eigenvalue weighted by molar-refractivity contribution is 5.15. The first-order valence-corrected chi connectivity index (χ1v) is 7.26. The highest BCUT2D eigenvalue weighted by Crippen LogP contribution is 2.22. The van der Waals surface area contributed by atoms with Gasteiger partial charge in [-0.3, -0.25) is 9.80 Å². The molecule has 1 atom stereocenters. The van der Waals surface area contributed by atoms with Crippen LogP contribution in [0, 0.1) is 6.92 Å². The zero-order valence-corrected chi connectivity index (χ0v) is 12.6. The van der Waals surface area contributed by atoms with Gasteiger partial charge in [-0.15, -0.1) is 0 Å². The zero-order valence-electron chi connectivity index (χ0n) is 12.6. The lowest BCUT2D eigenvalue weighted by Crippen LogP contribution is -2.51. The van der Waals surface area contributed by atoms with E-state index in [-0.39, 0.29) is 0 Å². The largest absolute Gasteiger partial charge is 0.348 e. The number of rotatable bonds is 5. The number of nitrogens with zero attached hydrogens (tertiary/aromatic N) is 3. The highest BCUT2D eigenvalue weighted by Gasteiger charge is 2.27. The normalized spacial score (nSPS) is 20.1. The molecule has 1 aromatic rings. The van der Waals surface area contributed by atoms with Crippen LogP contribution in [0.5, 0.6) is 0 Å². The van der Waals surface area contributed by atoms with Gasteiger partial charge < -0.3 is 10.3 Å². The van der Waals surface area contributed by atoms with E-state index in [0.29, 0.717) is 12.1 Å². The van der Waals surface area contributed by atoms with E-state index in [9.17, 15) is 0 Å². The second kappa shape index (κ2) is 6.50. The molecule has 0 radical (unpaired) electrons. The predicted molar refractivity (Wildman–Crippen MR) is 78.3 cm³/mol. The summed E-state index contributed by atoms with van der Waals surface area (Å²) < 4.78 is 0. The Kier molecular flexibility index (Phi) is 4.96. The van der Waals surface area contributed by atoms with Crippen molar-refractivity contribution in [2.75, 3.05) is 39.8 Å². The molecule has 2 rings (SSSR count). The molecule has 19 heavy (non-hydrogen) atoms. The lowest BCUT2D eigenvalue weighted by atomic mass is 10.1. The van der Waals surface area contributed by atoms with Gasteiger partial charge in [-0.05, 0) is 27.8 Å². The smallest absolute Gasteiger partial charge is 0.0925 e. The number of hydrogen-bond acceptors (Lipinski definition) is 4. The molecule has 108 valence electrons. The van der Waals surface area contributed by atoms with Gasteiger partial charge in [0, 0.05) is 44.5 Å². The van der Waals surface area contributed by atoms with Crippen LogP contribution < -0.4 is 5.32 Å². The lowest BCUT2D eigenvalue weighted by Gasteiger charge is -2.40. The monoisotopic (exact) mass is 265 g/mol. The molecule has 5 heteroatoms. The van der Waals surface area contributed by atoms with Crippen LogP contribution in [0.3, 0.4) is 0 Å². The maximum absolute atomic E-state index is 4.51. The van der Waals surface area contributed by atoms with Gasteiger partial charge in [0.05, 0.1) is 18.1 Å². The maximum atomic E-state index is 4.51. The third-order valence-corrected chi connectivity index (χ3v) is 4.10. The van der Waals surface area contributed by atoms with Gasteiger partial charge in [-0.1, -0.05) is 0 Å². The second-order valence-electron chi connectivity index (χ2n) is 5.65. The molecular weight excluding hydrogens is 238 g/mol. The number of aromatic nitrogens is 2. The molecule has 0 amide bonds. The van der Waals surface area contributed by atoms with Crippen molar-refractivity contribution in [3.8, 4) is 0 Å². The van der Waals surface area contributed by atoms with Gasteiger partial charge >= 0.3 is 0 Å². The average molecular weight is 265 g/mol. The summed E-state index contributed by atoms with van der Waals surface area (Å²) in [4.78, 5) is 12.8. The molecule has 0 aromatic carbocycles. The number of piperazine rings is 1. The molecule has 1 saturated heterocycles. The Morgan fingerprint density at radius 1 is 1.26 bits per heavy atom. The van der Waals surface area contributed by atoms with Gasteiger partial charge in [0.25, 0.3) is 0 Å². The SMILES string of the molecule is CNCC(c1nc[nH]c1C)N1CCN(C(C)C)CC1. The van der Waals surface area contributed by atoms with Crippen molar-refractivity contribution in [3.05, 3.63) is 17.7 Å². The van der Waals surface area contributed by atoms with Crippen molar-refractivity contribution in [3.63, 3.8) is 0 Å². The highest BCUT2D eigenvalue weighted by atomic mass is 15.3. The minimum Gasteiger partial charge on any atom is -0.348 e. The Bertz CT molecular complexity index is 379. The van der Waals surface area contributed by atoms with Crippen LogP contribution >= 0.6 is 0 Å². The van der Waals surface area contributed by atoms with E-state index in [0.717, 1.165) is 32.7 Å². The molecule has 2 N–H and O–H groups in total. The third-order valence-electron chi connectivity index (χ3n) is 4.10. The maximum Gasteiger partial charge on any atom is 0.0925 e. The summed E-state index contributed by atoms with van der Waals surface area (Å²) in [7, 11) is 2.01. The minimum atomic E-state index is 0.380. The number of nitrogens with one attached hydrogen (secondary N) is 2. The molecule has 1 aliphatic rings. The van der Waals surface area contributed by atoms with E-state index in [1.54, 1.807) is 6.33 Å². The summed E-state index contributed by atoms with van der Waals surface area (Å²) in [5.41, 5.74) is 2.37. The first-order valence-electron chi connectivity index (χ1n) is 7.26. The number of likely N-dealkylation sites (N-methyl/N-ethyl adjacent to an activating group) is 1. The number of imidazole rings is 1. The molecule has 1 aliphatic heterocycles. The molecule has 0 saturated carbocycles. The summed E-state index contributed by atoms with van der Waals surface area (Å²) in [6.45, 7) is 12.2. The Balaban J connectivity index is 2.03. The van der Waals surface area contributed by atoms with Crippen LogP contribution in [0.2, 0.25) is 0 Å². The van der Waals surface area contributed by atoms with Gasteiger partial charge in [0.1, 0.15) is 0 Å². The van der Waals surface area contributed by atoms with Crippen molar-refractivity contribution in [2.45, 2.75) is 32.9 Å². The van der Waals surface area contributed by atoms with Crippen LogP contribution in [-0.2, 0) is 0 Å². The van der Waals surface area contributed by atoms with Crippen LogP contribution in [0.15, 0.2) is 6.33 Å². The summed E-state index contributed by atoms with van der Waals surface area (Å²) in [6, 6.07) is 1.03. The van der Waals surface area contributed by atoms with E-state index < -0.39 is 0 Å². The average Bonchev–Trinajstić information content (AvgIpc) is 2.82. The lowest BCUT2D eigenvalue weighted by molar-refractivity contribution is 0.0766. The second-order valence-corrected chi connectivity index (χ2v) is 5.65. The molecule has 0 aliphatic carbocycles. The number of aryl methyl sites for hydroxylation is 1. The minimum absolute atomic E-state index is 0.380. The predicted octanol–water partition coefficient (Wildman–Crippen LogP) is 1.00. The van der Waals surface area contributed by atoms with Gasteiger partial charge in [0.15, 0.2) is 0 Å². The van der Waals surface area contributed by atoms with Crippen molar-refractivity contribution in [1.29, 1.82) is 0 Å². The summed E-state index contributed by atoms with van der Waals surface area (Å²) in [6.07, 6.45) is 1.80. The molecule has 5 nitrogen and oxygen atoms in total. The molecule has 0 spiro atoms. The van der Waals surface area contributed by atoms with Crippen LogP contribution in [-0.4, -0.2) is 65.6 Å². The molecule has 1 unspecified atom stereocenters. The molecule has 2 heterocycles. The fourth-order valence-corrected chi connectivity index (χ4v) is 2.86. The number of hydrogen-bond donors (Lipinski definition) is 2. The number of H-pyrrole nitrogens is 1. The molecule has 1 fully saturated rings. The molecule has 0 bridgehead atoms. The number of aromatic amines is 1. The zero-order chi connectivity index (χ0) is 13.8. The van der Waals surface area contributed by atoms with Gasteiger partial charge in [0.2, 0.25) is 0 Å². The standard InChI is InChI=1S/C14H27N5/c1-11(2)18-5-7-19(8-6-18)13(9-15-4)14-12(3)16-10-17-14/h10-11,13,15H,5-9H2,1-4H3,(H,16,17). The fraction of sp³-hybridized carbons (Fsp3) is 0.786. The van der Waals surface area contributed by atoms with Crippen molar-refractivity contribution < 1.29 is 0 Å². The van der Waals surface area contributed by atoms with E-state index in [4.69, 9.17) is 0 Å². The van der Waals surface area contributed by atoms with Crippen LogP contribution in [0.1, 0.15) is 31.3 Å². The van der Waals surface area contributed by atoms with Gasteiger partial charge in [-0.25, -0.2) is 4.98 Å². The van der Waals surface area contributed by atoms with Crippen LogP contribution in [0.4, 0.5) is 0 Å². The summed E-state index contributed by atoms with van der Waals surface area (Å²) in [5.74, 6) is 0. The van der Waals surface area contributed by atoms with E-state index in [1.165, 1.54) is 11.4 Å². The fourth-order valence-electron chi connectivity index (χ4n) is 2.86. The van der Waals surface area contributed by atoms with Crippen molar-refractivity contribution in [2.24, 2.45) is 0 Å². The van der Waals surface area contributed by atoms with Crippen molar-refractivity contribution >= 4 is 0 Å². The third kappa shape index (κ3) is 3.35. The Morgan fingerprint density at radius 3 is 2.37 bits per heavy atom. The van der Waals surface area contributed by atoms with E-state index in [2.05, 4.69) is 45.9 Å². The Hall–Kier alpha value is -0.910. The van der Waals surface area contributed by atoms with Crippen molar-refractivity contribution in [1.82, 2.24) is 25.1 Å².